The lowest BCUT2D eigenvalue weighted by Crippen LogP contribution is -2.28. The van der Waals surface area contributed by atoms with Gasteiger partial charge in [0.05, 0.1) is 51.0 Å². The lowest BCUT2D eigenvalue weighted by molar-refractivity contribution is 0.100. The molecule has 2 aromatic heterocycles. The van der Waals surface area contributed by atoms with Crippen molar-refractivity contribution in [1.29, 1.82) is 0 Å². The van der Waals surface area contributed by atoms with Crippen LogP contribution in [-0.2, 0) is 6.42 Å². The number of nitrogens with zero attached hydrogens (tertiary/aromatic N) is 4. The molecule has 1 amide bonds. The summed E-state index contributed by atoms with van der Waals surface area (Å²) in [6.45, 7) is 0. The Balaban J connectivity index is 1.50. The van der Waals surface area contributed by atoms with Crippen LogP contribution in [0.25, 0.3) is 33.1 Å². The molecule has 7 rings (SSSR count). The zero-order valence-electron chi connectivity index (χ0n) is 17.2. The Morgan fingerprint density at radius 1 is 0.879 bits per heavy atom. The first-order valence-electron chi connectivity index (χ1n) is 10.7. The van der Waals surface area contributed by atoms with E-state index in [4.69, 9.17) is 25.7 Å². The monoisotopic (exact) mass is 435 g/mol. The molecule has 0 saturated carbocycles. The number of benzene rings is 3. The van der Waals surface area contributed by atoms with Crippen LogP contribution in [0.4, 0.5) is 0 Å². The highest BCUT2D eigenvalue weighted by Gasteiger charge is 2.48. The van der Waals surface area contributed by atoms with Gasteiger partial charge in [0.15, 0.2) is 0 Å². The third-order valence-electron chi connectivity index (χ3n) is 6.92. The number of phenols is 1. The van der Waals surface area contributed by atoms with Crippen molar-refractivity contribution in [3.8, 4) is 5.75 Å². The van der Waals surface area contributed by atoms with E-state index in [1.807, 2.05) is 18.2 Å². The predicted molar refractivity (Wildman–Crippen MR) is 121 cm³/mol. The van der Waals surface area contributed by atoms with Crippen LogP contribution in [0.2, 0.25) is 0 Å². The normalized spacial score (nSPS) is 20.8. The quantitative estimate of drug-likeness (QED) is 0.345. The fraction of sp³-hybridized carbons (Fsp3) is 0.160. The van der Waals surface area contributed by atoms with Crippen molar-refractivity contribution < 1.29 is 15.0 Å². The summed E-state index contributed by atoms with van der Waals surface area (Å²) >= 11 is 0. The fourth-order valence-corrected chi connectivity index (χ4v) is 5.50. The van der Waals surface area contributed by atoms with Crippen LogP contribution in [0.3, 0.4) is 0 Å². The molecular weight excluding hydrogens is 418 g/mol. The Bertz CT molecular complexity index is 1680. The van der Waals surface area contributed by atoms with Crippen LogP contribution in [-0.4, -0.2) is 42.2 Å². The number of phenolic OH excluding ortho intramolecular Hbond substituents is 1. The van der Waals surface area contributed by atoms with E-state index in [9.17, 15) is 15.0 Å². The maximum Gasteiger partial charge on any atom is 0.250 e. The zero-order chi connectivity index (χ0) is 22.4. The number of carbonyl (C=O) groups is 1. The molecule has 0 unspecified atom stereocenters. The molecule has 2 heterocycles. The van der Waals surface area contributed by atoms with Crippen molar-refractivity contribution >= 4 is 39.0 Å². The van der Waals surface area contributed by atoms with Crippen LogP contribution in [0.5, 0.6) is 5.75 Å². The average molecular weight is 435 g/mol. The molecule has 0 aliphatic heterocycles. The minimum atomic E-state index is -0.676. The largest absolute Gasteiger partial charge is 0.506 e. The summed E-state index contributed by atoms with van der Waals surface area (Å²) in [7, 11) is 0. The van der Waals surface area contributed by atoms with E-state index >= 15 is 0 Å². The molecule has 2 aliphatic rings. The molecule has 0 saturated heterocycles. The lowest BCUT2D eigenvalue weighted by Gasteiger charge is -2.27. The number of hydrogen-bond donors (Lipinski definition) is 3. The number of fused-ring (bicyclic) bond motifs is 11. The third kappa shape index (κ3) is 2.35. The Kier molecular flexibility index (Phi) is 3.46. The highest BCUT2D eigenvalue weighted by molar-refractivity contribution is 6.05. The van der Waals surface area contributed by atoms with Crippen LogP contribution in [0.1, 0.15) is 44.7 Å². The van der Waals surface area contributed by atoms with Gasteiger partial charge < -0.3 is 15.9 Å². The molecule has 8 nitrogen and oxygen atoms in total. The molecule has 4 N–H and O–H groups in total. The van der Waals surface area contributed by atoms with Crippen molar-refractivity contribution in [2.75, 3.05) is 0 Å². The second kappa shape index (κ2) is 6.20. The standard InChI is InChI=1S/C25H17N5O3/c26-25(33)11-3-1-4-13-20(11)28-15-8-7-10-18(22(15)29-13)12-9-16-23(19(10)24(12)32)30-21-14(27-16)5-2-6-17(21)31/h1-8,12,19,24,31-32H,9H2,(H2,26,33)/t12-,19-,24-/m0/s1. The molecule has 0 radical (unpaired) electrons. The summed E-state index contributed by atoms with van der Waals surface area (Å²) in [5, 5.41) is 21.6. The number of nitrogens with two attached hydrogens (primary N) is 1. The van der Waals surface area contributed by atoms with Gasteiger partial charge in [-0.2, -0.15) is 0 Å². The SMILES string of the molecule is NC(=O)c1cccc2nc3c4c(ccc3nc12)[C@H]1c2nc3c(O)cccc3nc2C[C@@H]4[C@@H]1O. The first-order chi connectivity index (χ1) is 16.0. The van der Waals surface area contributed by atoms with Gasteiger partial charge in [-0.15, -0.1) is 0 Å². The summed E-state index contributed by atoms with van der Waals surface area (Å²) in [4.78, 5) is 31.0. The van der Waals surface area contributed by atoms with Crippen LogP contribution in [0.15, 0.2) is 48.5 Å². The van der Waals surface area contributed by atoms with Crippen LogP contribution in [0, 0.1) is 0 Å². The van der Waals surface area contributed by atoms with Gasteiger partial charge in [0.25, 0.3) is 5.91 Å². The maximum absolute atomic E-state index is 11.9. The van der Waals surface area contributed by atoms with Crippen LogP contribution < -0.4 is 5.73 Å². The zero-order valence-corrected chi connectivity index (χ0v) is 17.2. The molecule has 2 bridgehead atoms. The first kappa shape index (κ1) is 18.4. The average Bonchev–Trinajstić information content (AvgIpc) is 2.99. The molecule has 0 spiro atoms. The molecule has 160 valence electrons. The number of hydrogen-bond acceptors (Lipinski definition) is 7. The number of para-hydroxylation sites is 2. The smallest absolute Gasteiger partial charge is 0.250 e. The third-order valence-corrected chi connectivity index (χ3v) is 6.92. The van der Waals surface area contributed by atoms with Crippen molar-refractivity contribution in [2.45, 2.75) is 24.4 Å². The first-order valence-corrected chi connectivity index (χ1v) is 10.7. The molecular formula is C25H17N5O3. The molecule has 5 aromatic rings. The Morgan fingerprint density at radius 2 is 1.61 bits per heavy atom. The van der Waals surface area contributed by atoms with E-state index in [-0.39, 0.29) is 17.6 Å². The van der Waals surface area contributed by atoms with Crippen molar-refractivity contribution in [3.05, 3.63) is 76.6 Å². The van der Waals surface area contributed by atoms with Gasteiger partial charge in [-0.05, 0) is 41.5 Å². The van der Waals surface area contributed by atoms with Gasteiger partial charge in [-0.1, -0.05) is 18.2 Å². The summed E-state index contributed by atoms with van der Waals surface area (Å²) in [5.74, 6) is -1.04. The lowest BCUT2D eigenvalue weighted by atomic mass is 9.84. The number of amides is 1. The molecule has 2 aliphatic carbocycles. The Labute approximate surface area is 186 Å². The number of aromatic nitrogens is 4. The number of aliphatic hydroxyl groups is 1. The Morgan fingerprint density at radius 3 is 2.42 bits per heavy atom. The van der Waals surface area contributed by atoms with E-state index in [2.05, 4.69) is 0 Å². The predicted octanol–water partition coefficient (Wildman–Crippen LogP) is 2.68. The highest BCUT2D eigenvalue weighted by atomic mass is 16.3. The number of rotatable bonds is 1. The van der Waals surface area contributed by atoms with Gasteiger partial charge in [-0.25, -0.2) is 19.9 Å². The number of aromatic hydroxyl groups is 1. The van der Waals surface area contributed by atoms with E-state index in [1.54, 1.807) is 30.3 Å². The summed E-state index contributed by atoms with van der Waals surface area (Å²) < 4.78 is 0. The Hall–Kier alpha value is -4.17. The molecule has 0 fully saturated rings. The van der Waals surface area contributed by atoms with Crippen molar-refractivity contribution in [1.82, 2.24) is 19.9 Å². The van der Waals surface area contributed by atoms with Gasteiger partial charge in [0.1, 0.15) is 16.8 Å². The number of aliphatic hydroxyl groups excluding tert-OH is 1. The van der Waals surface area contributed by atoms with Gasteiger partial charge in [-0.3, -0.25) is 4.79 Å². The van der Waals surface area contributed by atoms with Gasteiger partial charge in [0, 0.05) is 12.3 Å². The molecule has 8 heteroatoms. The molecule has 3 atom stereocenters. The summed E-state index contributed by atoms with van der Waals surface area (Å²) in [6, 6.07) is 14.1. The summed E-state index contributed by atoms with van der Waals surface area (Å²) in [6.07, 6.45) is -0.163. The van der Waals surface area contributed by atoms with Crippen molar-refractivity contribution in [2.24, 2.45) is 5.73 Å². The minimum Gasteiger partial charge on any atom is -0.506 e. The second-order valence-corrected chi connectivity index (χ2v) is 8.68. The number of carbonyl (C=O) groups excluding carboxylic acids is 1. The maximum atomic E-state index is 11.9. The van der Waals surface area contributed by atoms with Gasteiger partial charge in [0.2, 0.25) is 0 Å². The van der Waals surface area contributed by atoms with Crippen LogP contribution >= 0.6 is 0 Å². The van der Waals surface area contributed by atoms with E-state index in [1.165, 1.54) is 0 Å². The minimum absolute atomic E-state index is 0.0683. The summed E-state index contributed by atoms with van der Waals surface area (Å²) in [5.41, 5.74) is 12.7. The van der Waals surface area contributed by atoms with E-state index in [0.717, 1.165) is 16.8 Å². The second-order valence-electron chi connectivity index (χ2n) is 8.68. The highest BCUT2D eigenvalue weighted by Crippen LogP contribution is 2.53. The topological polar surface area (TPSA) is 135 Å². The number of primary amides is 1. The van der Waals surface area contributed by atoms with Gasteiger partial charge >= 0.3 is 0 Å². The van der Waals surface area contributed by atoms with E-state index in [0.29, 0.717) is 50.8 Å². The molecule has 33 heavy (non-hydrogen) atoms. The van der Waals surface area contributed by atoms with Crippen molar-refractivity contribution in [3.63, 3.8) is 0 Å². The van der Waals surface area contributed by atoms with E-state index < -0.39 is 12.0 Å². The molecule has 3 aromatic carbocycles. The fourth-order valence-electron chi connectivity index (χ4n) is 5.50.